The zero-order chi connectivity index (χ0) is 29.3. The standard InChI is InChI=1S/C29H33NO12/c1-11-37-9-20-27(40-11)24(32)25(33)29(41-20)42-26-14-7-17-16(38-10-39-17)6-13(14)21(22-15(26)8-30-28(22)34)12-4-18(35-2)23(31)19(5-12)36-3/h4-7,11,15,20-22,24-27,29,31-33H,8-10H2,1-3H3,(H,30,34)/t11?,15?,20-,21?,22?,24-,25-,26?,27-,29+/m1/s1. The Hall–Kier alpha value is -3.33. The fourth-order valence-corrected chi connectivity index (χ4v) is 6.87. The zero-order valence-electron chi connectivity index (χ0n) is 23.2. The molecular weight excluding hydrogens is 554 g/mol. The number of ether oxygens (including phenoxy) is 8. The van der Waals surface area contributed by atoms with Crippen LogP contribution in [0.1, 0.15) is 35.6 Å². The minimum atomic E-state index is -1.42. The van der Waals surface area contributed by atoms with E-state index in [0.29, 0.717) is 29.2 Å². The van der Waals surface area contributed by atoms with Gasteiger partial charge in [0, 0.05) is 18.4 Å². The number of rotatable bonds is 5. The number of amides is 1. The summed E-state index contributed by atoms with van der Waals surface area (Å²) in [4.78, 5) is 13.5. The van der Waals surface area contributed by atoms with Gasteiger partial charge in [-0.1, -0.05) is 0 Å². The molecule has 3 fully saturated rings. The molecule has 0 saturated carbocycles. The molecule has 0 spiro atoms. The third-order valence-electron chi connectivity index (χ3n) is 8.87. The second-order valence-electron chi connectivity index (χ2n) is 11.1. The van der Waals surface area contributed by atoms with E-state index in [2.05, 4.69) is 5.32 Å². The fraction of sp³-hybridized carbons (Fsp3) is 0.552. The smallest absolute Gasteiger partial charge is 0.231 e. The van der Waals surface area contributed by atoms with Crippen molar-refractivity contribution in [1.82, 2.24) is 5.32 Å². The van der Waals surface area contributed by atoms with Gasteiger partial charge >= 0.3 is 0 Å². The van der Waals surface area contributed by atoms with Gasteiger partial charge in [-0.25, -0.2) is 0 Å². The van der Waals surface area contributed by atoms with E-state index in [0.717, 1.165) is 5.56 Å². The van der Waals surface area contributed by atoms with Crippen LogP contribution in [0.15, 0.2) is 24.3 Å². The minimum Gasteiger partial charge on any atom is -0.502 e. The fourth-order valence-electron chi connectivity index (χ4n) is 6.87. The molecule has 5 aliphatic rings. The van der Waals surface area contributed by atoms with E-state index in [-0.39, 0.29) is 36.6 Å². The number of hydrogen-bond acceptors (Lipinski definition) is 12. The number of aliphatic hydroxyl groups is 2. The van der Waals surface area contributed by atoms with E-state index in [1.54, 1.807) is 19.1 Å². The first-order valence-electron chi connectivity index (χ1n) is 13.9. The Kier molecular flexibility index (Phi) is 6.83. The van der Waals surface area contributed by atoms with Crippen molar-refractivity contribution in [3.63, 3.8) is 0 Å². The highest BCUT2D eigenvalue weighted by Gasteiger charge is 2.55. The van der Waals surface area contributed by atoms with Gasteiger partial charge in [-0.15, -0.1) is 0 Å². The number of hydrogen-bond donors (Lipinski definition) is 4. The highest BCUT2D eigenvalue weighted by atomic mass is 16.8. The van der Waals surface area contributed by atoms with Crippen LogP contribution in [0.3, 0.4) is 0 Å². The van der Waals surface area contributed by atoms with Gasteiger partial charge in [-0.05, 0) is 47.9 Å². The summed E-state index contributed by atoms with van der Waals surface area (Å²) in [6.07, 6.45) is -6.63. The average Bonchev–Trinajstić information content (AvgIpc) is 3.61. The Balaban J connectivity index is 1.32. The number of carbonyl (C=O) groups is 1. The van der Waals surface area contributed by atoms with E-state index in [9.17, 15) is 20.1 Å². The van der Waals surface area contributed by atoms with Gasteiger partial charge < -0.3 is 58.5 Å². The number of aliphatic hydroxyl groups excluding tert-OH is 2. The molecule has 1 amide bonds. The number of benzene rings is 2. The maximum Gasteiger partial charge on any atom is 0.231 e. The quantitative estimate of drug-likeness (QED) is 0.392. The SMILES string of the molecule is COc1cc(C2c3cc4c(cc3C(O[C@@H]3O[C@@H]5COC(C)O[C@H]5[C@H](O)[C@H]3O)C3CNC(=O)C23)OCO4)cc(OC)c1O. The van der Waals surface area contributed by atoms with Crippen molar-refractivity contribution in [3.05, 3.63) is 41.0 Å². The van der Waals surface area contributed by atoms with Gasteiger partial charge in [0.1, 0.15) is 24.4 Å². The minimum absolute atomic E-state index is 0.0424. The van der Waals surface area contributed by atoms with E-state index >= 15 is 0 Å². The van der Waals surface area contributed by atoms with E-state index in [1.165, 1.54) is 14.2 Å². The lowest BCUT2D eigenvalue weighted by molar-refractivity contribution is -0.364. The molecule has 0 bridgehead atoms. The van der Waals surface area contributed by atoms with Gasteiger partial charge in [0.25, 0.3) is 0 Å². The van der Waals surface area contributed by atoms with E-state index in [4.69, 9.17) is 37.9 Å². The Morgan fingerprint density at radius 1 is 0.952 bits per heavy atom. The first-order valence-corrected chi connectivity index (χ1v) is 13.9. The molecule has 4 N–H and O–H groups in total. The predicted molar refractivity (Wildman–Crippen MR) is 140 cm³/mol. The normalized spacial score (nSPS) is 36.5. The van der Waals surface area contributed by atoms with Crippen LogP contribution in [0.25, 0.3) is 0 Å². The Labute approximate surface area is 241 Å². The molecule has 7 rings (SSSR count). The molecule has 2 aromatic carbocycles. The number of nitrogens with one attached hydrogen (secondary N) is 1. The van der Waals surface area contributed by atoms with Gasteiger partial charge in [0.15, 0.2) is 35.6 Å². The summed E-state index contributed by atoms with van der Waals surface area (Å²) in [5, 5.41) is 35.5. The molecule has 3 saturated heterocycles. The second kappa shape index (κ2) is 10.4. The van der Waals surface area contributed by atoms with Crippen LogP contribution >= 0.6 is 0 Å². The van der Waals surface area contributed by atoms with E-state index < -0.39 is 60.9 Å². The second-order valence-corrected chi connectivity index (χ2v) is 11.1. The molecule has 42 heavy (non-hydrogen) atoms. The third-order valence-corrected chi connectivity index (χ3v) is 8.87. The molecule has 4 heterocycles. The lowest BCUT2D eigenvalue weighted by Gasteiger charge is -2.48. The Morgan fingerprint density at radius 3 is 2.33 bits per heavy atom. The lowest BCUT2D eigenvalue weighted by atomic mass is 9.66. The first kappa shape index (κ1) is 27.5. The van der Waals surface area contributed by atoms with Crippen molar-refractivity contribution in [1.29, 1.82) is 0 Å². The molecule has 1 aliphatic carbocycles. The number of carbonyl (C=O) groups excluding carboxylic acids is 1. The largest absolute Gasteiger partial charge is 0.502 e. The molecule has 13 heteroatoms. The first-order chi connectivity index (χ1) is 20.3. The van der Waals surface area contributed by atoms with Crippen LogP contribution in [0.5, 0.6) is 28.7 Å². The number of aromatic hydroxyl groups is 1. The van der Waals surface area contributed by atoms with Crippen LogP contribution in [-0.2, 0) is 23.7 Å². The number of methoxy groups -OCH3 is 2. The van der Waals surface area contributed by atoms with Crippen molar-refractivity contribution in [2.24, 2.45) is 11.8 Å². The van der Waals surface area contributed by atoms with Crippen molar-refractivity contribution in [3.8, 4) is 28.7 Å². The molecule has 226 valence electrons. The summed E-state index contributed by atoms with van der Waals surface area (Å²) in [6, 6.07) is 7.04. The summed E-state index contributed by atoms with van der Waals surface area (Å²) in [7, 11) is 2.88. The highest BCUT2D eigenvalue weighted by Crippen LogP contribution is 2.56. The van der Waals surface area contributed by atoms with Crippen LogP contribution in [-0.4, -0.2) is 92.4 Å². The summed E-state index contributed by atoms with van der Waals surface area (Å²) < 4.78 is 46.1. The predicted octanol–water partition coefficient (Wildman–Crippen LogP) is 0.912. The summed E-state index contributed by atoms with van der Waals surface area (Å²) >= 11 is 0. The Bertz CT molecular complexity index is 1360. The van der Waals surface area contributed by atoms with E-state index in [1.807, 2.05) is 12.1 Å². The van der Waals surface area contributed by atoms with Crippen molar-refractivity contribution in [2.45, 2.75) is 55.9 Å². The molecule has 5 unspecified atom stereocenters. The number of phenols is 1. The van der Waals surface area contributed by atoms with Crippen molar-refractivity contribution in [2.75, 3.05) is 34.2 Å². The van der Waals surface area contributed by atoms with Crippen LogP contribution in [0, 0.1) is 11.8 Å². The van der Waals surface area contributed by atoms with Gasteiger partial charge in [-0.2, -0.15) is 0 Å². The van der Waals surface area contributed by atoms with Crippen LogP contribution in [0.2, 0.25) is 0 Å². The van der Waals surface area contributed by atoms with Crippen molar-refractivity contribution < 1.29 is 58.0 Å². The average molecular weight is 588 g/mol. The molecule has 13 nitrogen and oxygen atoms in total. The third kappa shape index (κ3) is 4.26. The number of fused-ring (bicyclic) bond motifs is 4. The summed E-state index contributed by atoms with van der Waals surface area (Å²) in [5.41, 5.74) is 2.13. The molecule has 10 atom stereocenters. The van der Waals surface area contributed by atoms with Gasteiger partial charge in [0.05, 0.1) is 32.8 Å². The summed E-state index contributed by atoms with van der Waals surface area (Å²) in [6.45, 7) is 2.21. The monoisotopic (exact) mass is 587 g/mol. The van der Waals surface area contributed by atoms with Crippen molar-refractivity contribution >= 4 is 5.91 Å². The van der Waals surface area contributed by atoms with Crippen LogP contribution < -0.4 is 24.3 Å². The van der Waals surface area contributed by atoms with Gasteiger partial charge in [-0.3, -0.25) is 4.79 Å². The van der Waals surface area contributed by atoms with Crippen LogP contribution in [0.4, 0.5) is 0 Å². The lowest BCUT2D eigenvalue weighted by Crippen LogP contribution is -2.63. The Morgan fingerprint density at radius 2 is 1.64 bits per heavy atom. The molecule has 2 aromatic rings. The maximum atomic E-state index is 13.5. The number of phenolic OH excluding ortho intramolecular Hbond substituents is 1. The molecule has 4 aliphatic heterocycles. The topological polar surface area (TPSA) is 164 Å². The highest BCUT2D eigenvalue weighted by molar-refractivity contribution is 5.84. The molecule has 0 aromatic heterocycles. The molecular formula is C29H33NO12. The summed E-state index contributed by atoms with van der Waals surface area (Å²) in [5.74, 6) is -0.393. The zero-order valence-corrected chi connectivity index (χ0v) is 23.2. The van der Waals surface area contributed by atoms with Gasteiger partial charge in [0.2, 0.25) is 18.4 Å². The maximum absolute atomic E-state index is 13.5. The molecule has 0 radical (unpaired) electrons.